The molecule has 20 heavy (non-hydrogen) atoms. The van der Waals surface area contributed by atoms with E-state index in [0.717, 1.165) is 5.69 Å². The molecule has 0 unspecified atom stereocenters. The number of benzene rings is 1. The number of anilines is 2. The Balaban J connectivity index is 2.21. The lowest BCUT2D eigenvalue weighted by atomic mass is 10.3. The minimum atomic E-state index is -0.404. The molecule has 0 aliphatic carbocycles. The molecule has 0 aliphatic heterocycles. The van der Waals surface area contributed by atoms with E-state index in [1.54, 1.807) is 20.3 Å². The molecule has 0 fully saturated rings. The van der Waals surface area contributed by atoms with Crippen LogP contribution in [0.25, 0.3) is 0 Å². The first-order chi connectivity index (χ1) is 9.66. The molecule has 1 N–H and O–H groups in total. The van der Waals surface area contributed by atoms with Crippen molar-refractivity contribution in [1.82, 2.24) is 4.98 Å². The van der Waals surface area contributed by atoms with Gasteiger partial charge < -0.3 is 19.5 Å². The van der Waals surface area contributed by atoms with E-state index < -0.39 is 5.97 Å². The number of hydrogen-bond acceptors (Lipinski definition) is 7. The van der Waals surface area contributed by atoms with E-state index >= 15 is 0 Å². The van der Waals surface area contributed by atoms with Crippen LogP contribution in [0.3, 0.4) is 0 Å². The normalized spacial score (nSPS) is 9.95. The monoisotopic (exact) mass is 294 g/mol. The minimum Gasteiger partial charge on any atom is -0.497 e. The smallest absolute Gasteiger partial charge is 0.349 e. The molecule has 2 aromatic rings. The average Bonchev–Trinajstić information content (AvgIpc) is 2.94. The fraction of sp³-hybridized carbons (Fsp3) is 0.231. The summed E-state index contributed by atoms with van der Waals surface area (Å²) in [4.78, 5) is 15.9. The van der Waals surface area contributed by atoms with E-state index in [-0.39, 0.29) is 0 Å². The van der Waals surface area contributed by atoms with Crippen LogP contribution in [0.5, 0.6) is 11.5 Å². The van der Waals surface area contributed by atoms with Crippen LogP contribution in [0.1, 0.15) is 9.67 Å². The van der Waals surface area contributed by atoms with Gasteiger partial charge in [0, 0.05) is 23.9 Å². The summed E-state index contributed by atoms with van der Waals surface area (Å²) < 4.78 is 15.0. The summed E-state index contributed by atoms with van der Waals surface area (Å²) in [5.74, 6) is 0.923. The van der Waals surface area contributed by atoms with Crippen molar-refractivity contribution in [2.24, 2.45) is 0 Å². The van der Waals surface area contributed by atoms with Crippen LogP contribution in [-0.2, 0) is 4.74 Å². The highest BCUT2D eigenvalue weighted by molar-refractivity contribution is 7.17. The molecule has 0 saturated heterocycles. The number of aromatic nitrogens is 1. The van der Waals surface area contributed by atoms with Crippen LogP contribution in [0.4, 0.5) is 10.8 Å². The molecule has 6 nitrogen and oxygen atoms in total. The fourth-order valence-corrected chi connectivity index (χ4v) is 2.28. The van der Waals surface area contributed by atoms with Gasteiger partial charge in [-0.05, 0) is 0 Å². The van der Waals surface area contributed by atoms with Gasteiger partial charge in [-0.2, -0.15) is 0 Å². The standard InChI is InChI=1S/C13H14N2O4S/c1-17-9-4-8(5-10(6-9)18-2)15-13-14-7-11(20-13)12(16)19-3/h4-7H,1-3H3,(H,14,15). The molecule has 0 bridgehead atoms. The van der Waals surface area contributed by atoms with E-state index in [1.165, 1.54) is 24.6 Å². The SMILES string of the molecule is COC(=O)c1cnc(Nc2cc(OC)cc(OC)c2)s1. The summed E-state index contributed by atoms with van der Waals surface area (Å²) in [6, 6.07) is 5.39. The van der Waals surface area contributed by atoms with Crippen LogP contribution in [0.15, 0.2) is 24.4 Å². The molecule has 0 amide bonds. The lowest BCUT2D eigenvalue weighted by molar-refractivity contribution is 0.0606. The predicted octanol–water partition coefficient (Wildman–Crippen LogP) is 2.69. The Labute approximate surface area is 120 Å². The van der Waals surface area contributed by atoms with Crippen molar-refractivity contribution in [2.75, 3.05) is 26.6 Å². The number of thiazole rings is 1. The summed E-state index contributed by atoms with van der Waals surface area (Å²) >= 11 is 1.21. The van der Waals surface area contributed by atoms with Crippen molar-refractivity contribution in [2.45, 2.75) is 0 Å². The maximum absolute atomic E-state index is 11.4. The van der Waals surface area contributed by atoms with Gasteiger partial charge in [-0.3, -0.25) is 0 Å². The molecule has 2 rings (SSSR count). The third-order valence-corrected chi connectivity index (χ3v) is 3.39. The molecular weight excluding hydrogens is 280 g/mol. The molecule has 1 aromatic heterocycles. The summed E-state index contributed by atoms with van der Waals surface area (Å²) in [5.41, 5.74) is 0.756. The Bertz CT molecular complexity index is 590. The number of methoxy groups -OCH3 is 3. The van der Waals surface area contributed by atoms with Crippen LogP contribution < -0.4 is 14.8 Å². The summed E-state index contributed by atoms with van der Waals surface area (Å²) in [5, 5.41) is 3.68. The van der Waals surface area contributed by atoms with Gasteiger partial charge in [-0.25, -0.2) is 9.78 Å². The molecule has 0 radical (unpaired) electrons. The number of hydrogen-bond donors (Lipinski definition) is 1. The molecule has 1 heterocycles. The number of nitrogens with one attached hydrogen (secondary N) is 1. The molecule has 0 saturated carbocycles. The first-order valence-electron chi connectivity index (χ1n) is 5.70. The first kappa shape index (κ1) is 14.1. The number of rotatable bonds is 5. The van der Waals surface area contributed by atoms with Gasteiger partial charge in [0.1, 0.15) is 16.4 Å². The van der Waals surface area contributed by atoms with Crippen LogP contribution in [0, 0.1) is 0 Å². The molecule has 7 heteroatoms. The molecule has 0 aliphatic rings. The van der Waals surface area contributed by atoms with Crippen molar-refractivity contribution in [3.05, 3.63) is 29.3 Å². The first-order valence-corrected chi connectivity index (χ1v) is 6.52. The van der Waals surface area contributed by atoms with Crippen molar-refractivity contribution in [3.63, 3.8) is 0 Å². The second-order valence-electron chi connectivity index (χ2n) is 3.75. The largest absolute Gasteiger partial charge is 0.497 e. The van der Waals surface area contributed by atoms with Gasteiger partial charge in [-0.1, -0.05) is 11.3 Å². The zero-order chi connectivity index (χ0) is 14.5. The van der Waals surface area contributed by atoms with Gasteiger partial charge in [0.15, 0.2) is 5.13 Å². The third kappa shape index (κ3) is 3.18. The molecule has 0 atom stereocenters. The number of carbonyl (C=O) groups excluding carboxylic acids is 1. The molecule has 1 aromatic carbocycles. The van der Waals surface area contributed by atoms with Gasteiger partial charge in [0.05, 0.1) is 27.5 Å². The van der Waals surface area contributed by atoms with Crippen LogP contribution in [0.2, 0.25) is 0 Å². The second-order valence-corrected chi connectivity index (χ2v) is 4.78. The maximum atomic E-state index is 11.4. The van der Waals surface area contributed by atoms with E-state index in [2.05, 4.69) is 15.0 Å². The van der Waals surface area contributed by atoms with Gasteiger partial charge in [-0.15, -0.1) is 0 Å². The highest BCUT2D eigenvalue weighted by Gasteiger charge is 2.11. The highest BCUT2D eigenvalue weighted by Crippen LogP contribution is 2.29. The topological polar surface area (TPSA) is 69.7 Å². The molecule has 0 spiro atoms. The average molecular weight is 294 g/mol. The van der Waals surface area contributed by atoms with Gasteiger partial charge in [0.25, 0.3) is 0 Å². The second kappa shape index (κ2) is 6.25. The van der Waals surface area contributed by atoms with Crippen molar-refractivity contribution < 1.29 is 19.0 Å². The van der Waals surface area contributed by atoms with E-state index in [1.807, 2.05) is 12.1 Å². The Morgan fingerprint density at radius 2 is 1.80 bits per heavy atom. The Morgan fingerprint density at radius 3 is 2.35 bits per heavy atom. The van der Waals surface area contributed by atoms with E-state index in [4.69, 9.17) is 9.47 Å². The quantitative estimate of drug-likeness (QED) is 0.855. The third-order valence-electron chi connectivity index (χ3n) is 2.49. The predicted molar refractivity (Wildman–Crippen MR) is 76.3 cm³/mol. The summed E-state index contributed by atoms with van der Waals surface area (Å²) in [6.07, 6.45) is 1.47. The van der Waals surface area contributed by atoms with Crippen LogP contribution in [-0.4, -0.2) is 32.3 Å². The number of esters is 1. The fourth-order valence-electron chi connectivity index (χ4n) is 1.53. The zero-order valence-corrected chi connectivity index (χ0v) is 12.1. The Morgan fingerprint density at radius 1 is 1.15 bits per heavy atom. The van der Waals surface area contributed by atoms with Gasteiger partial charge >= 0.3 is 5.97 Å². The number of ether oxygens (including phenoxy) is 3. The van der Waals surface area contributed by atoms with Gasteiger partial charge in [0.2, 0.25) is 0 Å². The van der Waals surface area contributed by atoms with E-state index in [0.29, 0.717) is 21.5 Å². The minimum absolute atomic E-state index is 0.404. The van der Waals surface area contributed by atoms with Crippen LogP contribution >= 0.6 is 11.3 Å². The number of nitrogens with zero attached hydrogens (tertiary/aromatic N) is 1. The maximum Gasteiger partial charge on any atom is 0.349 e. The molecular formula is C13H14N2O4S. The highest BCUT2D eigenvalue weighted by atomic mass is 32.1. The van der Waals surface area contributed by atoms with E-state index in [9.17, 15) is 4.79 Å². The summed E-state index contributed by atoms with van der Waals surface area (Å²) in [6.45, 7) is 0. The zero-order valence-electron chi connectivity index (χ0n) is 11.3. The Kier molecular flexibility index (Phi) is 4.41. The lowest BCUT2D eigenvalue weighted by Gasteiger charge is -2.08. The van der Waals surface area contributed by atoms with Crippen molar-refractivity contribution in [3.8, 4) is 11.5 Å². The lowest BCUT2D eigenvalue weighted by Crippen LogP contribution is -1.96. The Hall–Kier alpha value is -2.28. The molecule has 106 valence electrons. The van der Waals surface area contributed by atoms with Crippen molar-refractivity contribution >= 4 is 28.1 Å². The number of carbonyl (C=O) groups is 1. The summed E-state index contributed by atoms with van der Waals surface area (Å²) in [7, 11) is 4.50. The van der Waals surface area contributed by atoms with Crippen molar-refractivity contribution in [1.29, 1.82) is 0 Å².